The summed E-state index contributed by atoms with van der Waals surface area (Å²) < 4.78 is 0. The number of hydrogen-bond donors (Lipinski definition) is 0. The first-order valence-corrected chi connectivity index (χ1v) is 1.86. The van der Waals surface area contributed by atoms with Gasteiger partial charge in [0.05, 0.1) is 0 Å². The van der Waals surface area contributed by atoms with Crippen LogP contribution in [0.15, 0.2) is 12.2 Å². The molecular formula is C5H9Y-. The number of rotatable bonds is 1. The second-order valence-corrected chi connectivity index (χ2v) is 0.880. The van der Waals surface area contributed by atoms with E-state index in [1.54, 1.807) is 6.08 Å². The van der Waals surface area contributed by atoms with Crippen molar-refractivity contribution in [3.8, 4) is 0 Å². The molecule has 0 spiro atoms. The Morgan fingerprint density at radius 3 is 2.17 bits per heavy atom. The van der Waals surface area contributed by atoms with Gasteiger partial charge in [-0.1, -0.05) is 6.92 Å². The van der Waals surface area contributed by atoms with Crippen molar-refractivity contribution in [1.82, 2.24) is 0 Å². The summed E-state index contributed by atoms with van der Waals surface area (Å²) in [4.78, 5) is 0. The minimum Gasteiger partial charge on any atom is -0.245 e. The average Bonchev–Trinajstić information content (AvgIpc) is 1.41. The Morgan fingerprint density at radius 2 is 2.17 bits per heavy atom. The van der Waals surface area contributed by atoms with E-state index in [0.29, 0.717) is 0 Å². The predicted molar refractivity (Wildman–Crippen MR) is 24.8 cm³/mol. The zero-order valence-corrected chi connectivity index (χ0v) is 6.98. The summed E-state index contributed by atoms with van der Waals surface area (Å²) in [6.45, 7) is 5.58. The minimum atomic E-state index is 0. The number of allylic oxidation sites excluding steroid dienone is 2. The molecule has 0 aliphatic rings. The second kappa shape index (κ2) is 9.21. The summed E-state index contributed by atoms with van der Waals surface area (Å²) in [6, 6.07) is 0. The molecule has 0 unspecified atom stereocenters. The third kappa shape index (κ3) is 8.83. The van der Waals surface area contributed by atoms with Gasteiger partial charge in [0.25, 0.3) is 0 Å². The van der Waals surface area contributed by atoms with Gasteiger partial charge in [0.2, 0.25) is 0 Å². The van der Waals surface area contributed by atoms with E-state index < -0.39 is 0 Å². The van der Waals surface area contributed by atoms with Crippen LogP contribution in [0.5, 0.6) is 0 Å². The van der Waals surface area contributed by atoms with Crippen LogP contribution in [0.1, 0.15) is 13.3 Å². The molecule has 0 aromatic heterocycles. The van der Waals surface area contributed by atoms with E-state index in [0.717, 1.165) is 6.42 Å². The molecule has 0 saturated heterocycles. The van der Waals surface area contributed by atoms with Crippen molar-refractivity contribution in [3.05, 3.63) is 19.1 Å². The van der Waals surface area contributed by atoms with E-state index in [2.05, 4.69) is 13.8 Å². The van der Waals surface area contributed by atoms with Crippen molar-refractivity contribution >= 4 is 0 Å². The molecule has 0 amide bonds. The molecule has 0 bridgehead atoms. The Bertz CT molecular complexity index is 30.9. The van der Waals surface area contributed by atoms with E-state index in [-0.39, 0.29) is 32.7 Å². The molecule has 0 saturated carbocycles. The third-order valence-corrected chi connectivity index (χ3v) is 0.402. The smallest absolute Gasteiger partial charge is 0 e. The molecule has 6 heavy (non-hydrogen) atoms. The van der Waals surface area contributed by atoms with Crippen LogP contribution in [-0.4, -0.2) is 0 Å². The molecule has 0 atom stereocenters. The van der Waals surface area contributed by atoms with Gasteiger partial charge in [0.1, 0.15) is 0 Å². The first-order chi connectivity index (χ1) is 2.41. The van der Waals surface area contributed by atoms with E-state index in [9.17, 15) is 0 Å². The quantitative estimate of drug-likeness (QED) is 0.510. The molecule has 0 aliphatic carbocycles. The van der Waals surface area contributed by atoms with Crippen LogP contribution in [0, 0.1) is 6.92 Å². The average molecular weight is 158 g/mol. The Labute approximate surface area is 64.9 Å². The monoisotopic (exact) mass is 158 g/mol. The molecule has 0 aromatic rings. The Balaban J connectivity index is 0. The molecule has 0 N–H and O–H groups in total. The fraction of sp³-hybridized carbons (Fsp3) is 0.400. The molecule has 0 nitrogen and oxygen atoms in total. The standard InChI is InChI=1S/C5H9.Y/c1-3-5-4-2;/h3,5H,1,4H2,2H3;/q-1;/b5-3+;. The maximum absolute atomic E-state index is 3.49. The third-order valence-electron chi connectivity index (χ3n) is 0.402. The van der Waals surface area contributed by atoms with Gasteiger partial charge in [-0.15, -0.1) is 6.42 Å². The molecule has 0 heterocycles. The minimum absolute atomic E-state index is 0. The normalized spacial score (nSPS) is 8.17. The Hall–Kier alpha value is 0.714. The summed E-state index contributed by atoms with van der Waals surface area (Å²) in [7, 11) is 0. The van der Waals surface area contributed by atoms with Gasteiger partial charge in [-0.05, 0) is 0 Å². The van der Waals surface area contributed by atoms with Crippen molar-refractivity contribution in [2.75, 3.05) is 0 Å². The predicted octanol–water partition coefficient (Wildman–Crippen LogP) is 1.78. The first-order valence-electron chi connectivity index (χ1n) is 1.86. The van der Waals surface area contributed by atoms with Gasteiger partial charge < -0.3 is 0 Å². The molecule has 0 aromatic carbocycles. The van der Waals surface area contributed by atoms with E-state index in [4.69, 9.17) is 0 Å². The van der Waals surface area contributed by atoms with Gasteiger partial charge in [-0.2, -0.15) is 0 Å². The van der Waals surface area contributed by atoms with Crippen LogP contribution in [0.4, 0.5) is 0 Å². The summed E-state index contributed by atoms with van der Waals surface area (Å²) in [6.07, 6.45) is 4.92. The molecule has 33 valence electrons. The van der Waals surface area contributed by atoms with Crippen LogP contribution < -0.4 is 0 Å². The topological polar surface area (TPSA) is 0 Å². The van der Waals surface area contributed by atoms with Crippen molar-refractivity contribution in [1.29, 1.82) is 0 Å². The van der Waals surface area contributed by atoms with Crippen LogP contribution in [0.2, 0.25) is 0 Å². The summed E-state index contributed by atoms with van der Waals surface area (Å²) in [5.41, 5.74) is 0. The van der Waals surface area contributed by atoms with Crippen LogP contribution >= 0.6 is 0 Å². The first kappa shape index (κ1) is 9.86. The van der Waals surface area contributed by atoms with Gasteiger partial charge in [0, 0.05) is 32.7 Å². The molecular weight excluding hydrogens is 149 g/mol. The second-order valence-electron chi connectivity index (χ2n) is 0.880. The molecule has 0 rings (SSSR count). The zero-order valence-electron chi connectivity index (χ0n) is 4.15. The molecule has 1 heteroatoms. The van der Waals surface area contributed by atoms with E-state index >= 15 is 0 Å². The van der Waals surface area contributed by atoms with Crippen molar-refractivity contribution < 1.29 is 32.7 Å². The van der Waals surface area contributed by atoms with Crippen LogP contribution in [0.25, 0.3) is 0 Å². The van der Waals surface area contributed by atoms with Gasteiger partial charge in [0.15, 0.2) is 0 Å². The molecule has 0 aliphatic heterocycles. The largest absolute Gasteiger partial charge is 0.245 e. The van der Waals surface area contributed by atoms with Crippen LogP contribution in [-0.2, 0) is 32.7 Å². The Kier molecular flexibility index (Phi) is 15.1. The maximum Gasteiger partial charge on any atom is 0 e. The summed E-state index contributed by atoms with van der Waals surface area (Å²) in [5.74, 6) is 0. The van der Waals surface area contributed by atoms with Gasteiger partial charge >= 0.3 is 0 Å². The van der Waals surface area contributed by atoms with Crippen molar-refractivity contribution in [2.45, 2.75) is 13.3 Å². The molecule has 0 fully saturated rings. The SMILES string of the molecule is [CH2-]/C=C/CC.[Y]. The van der Waals surface area contributed by atoms with E-state index in [1.807, 2.05) is 6.08 Å². The maximum atomic E-state index is 3.49. The Morgan fingerprint density at radius 1 is 1.67 bits per heavy atom. The summed E-state index contributed by atoms with van der Waals surface area (Å²) >= 11 is 0. The fourth-order valence-corrected chi connectivity index (χ4v) is 0.167. The summed E-state index contributed by atoms with van der Waals surface area (Å²) in [5, 5.41) is 0. The molecule has 1 radical (unpaired) electrons. The van der Waals surface area contributed by atoms with E-state index in [1.165, 1.54) is 0 Å². The number of hydrogen-bond acceptors (Lipinski definition) is 0. The van der Waals surface area contributed by atoms with Gasteiger partial charge in [-0.25, -0.2) is 19.1 Å². The van der Waals surface area contributed by atoms with Gasteiger partial charge in [-0.3, -0.25) is 0 Å². The van der Waals surface area contributed by atoms with Crippen molar-refractivity contribution in [2.24, 2.45) is 0 Å². The fourth-order valence-electron chi connectivity index (χ4n) is 0.167. The zero-order chi connectivity index (χ0) is 4.12. The van der Waals surface area contributed by atoms with Crippen molar-refractivity contribution in [3.63, 3.8) is 0 Å². The van der Waals surface area contributed by atoms with Crippen LogP contribution in [0.3, 0.4) is 0 Å².